The van der Waals surface area contributed by atoms with Crippen LogP contribution in [0.3, 0.4) is 0 Å². The first-order chi connectivity index (χ1) is 10.4. The zero-order chi connectivity index (χ0) is 16.3. The summed E-state index contributed by atoms with van der Waals surface area (Å²) in [4.78, 5) is 36.8. The fraction of sp³-hybridized carbons (Fsp3) is 0. The van der Waals surface area contributed by atoms with Crippen LogP contribution < -0.4 is 4.74 Å². The second-order valence-corrected chi connectivity index (χ2v) is 4.11. The van der Waals surface area contributed by atoms with E-state index < -0.39 is 29.0 Å². The number of aromatic carboxylic acids is 3. The van der Waals surface area contributed by atoms with Crippen molar-refractivity contribution in [1.82, 2.24) is 4.98 Å². The van der Waals surface area contributed by atoms with E-state index in [1.165, 1.54) is 18.3 Å². The van der Waals surface area contributed by atoms with Crippen molar-refractivity contribution in [3.63, 3.8) is 0 Å². The first-order valence-electron chi connectivity index (χ1n) is 5.86. The number of aromatic nitrogens is 1. The summed E-state index contributed by atoms with van der Waals surface area (Å²) in [5, 5.41) is 27.0. The number of hydrogen-bond acceptors (Lipinski definition) is 5. The van der Waals surface area contributed by atoms with Crippen molar-refractivity contribution >= 4 is 17.9 Å². The summed E-state index contributed by atoms with van der Waals surface area (Å²) in [6.07, 6.45) is 2.28. The van der Waals surface area contributed by atoms with Gasteiger partial charge in [0.05, 0.1) is 17.3 Å². The number of carbonyl (C=O) groups is 3. The van der Waals surface area contributed by atoms with Crippen LogP contribution in [0, 0.1) is 0 Å². The Morgan fingerprint density at radius 3 is 2.27 bits per heavy atom. The van der Waals surface area contributed by atoms with Crippen molar-refractivity contribution in [3.05, 3.63) is 53.3 Å². The van der Waals surface area contributed by atoms with Gasteiger partial charge < -0.3 is 20.1 Å². The maximum Gasteiger partial charge on any atom is 0.340 e. The van der Waals surface area contributed by atoms with Gasteiger partial charge in [0.15, 0.2) is 0 Å². The molecule has 0 saturated carbocycles. The molecule has 8 heteroatoms. The van der Waals surface area contributed by atoms with E-state index in [0.29, 0.717) is 0 Å². The molecule has 0 saturated heterocycles. The van der Waals surface area contributed by atoms with E-state index in [9.17, 15) is 14.4 Å². The van der Waals surface area contributed by atoms with Crippen molar-refractivity contribution in [2.75, 3.05) is 0 Å². The molecule has 0 amide bonds. The summed E-state index contributed by atoms with van der Waals surface area (Å²) in [5.74, 6) is -4.37. The lowest BCUT2D eigenvalue weighted by molar-refractivity contribution is 0.0649. The molecule has 1 heterocycles. The van der Waals surface area contributed by atoms with Crippen molar-refractivity contribution in [2.24, 2.45) is 0 Å². The third kappa shape index (κ3) is 3.01. The average Bonchev–Trinajstić information content (AvgIpc) is 2.46. The molecule has 3 N–H and O–H groups in total. The molecule has 0 aliphatic rings. The molecule has 112 valence electrons. The quantitative estimate of drug-likeness (QED) is 0.763. The molecule has 0 spiro atoms. The number of carboxylic acids is 3. The smallest absolute Gasteiger partial charge is 0.340 e. The predicted molar refractivity (Wildman–Crippen MR) is 71.6 cm³/mol. The zero-order valence-electron chi connectivity index (χ0n) is 10.9. The second kappa shape index (κ2) is 5.92. The van der Waals surface area contributed by atoms with Gasteiger partial charge in [-0.25, -0.2) is 14.4 Å². The summed E-state index contributed by atoms with van der Waals surface area (Å²) in [7, 11) is 0. The minimum absolute atomic E-state index is 0.0232. The molecule has 0 atom stereocenters. The van der Waals surface area contributed by atoms with Gasteiger partial charge in [-0.2, -0.15) is 0 Å². The first kappa shape index (κ1) is 15.0. The topological polar surface area (TPSA) is 134 Å². The second-order valence-electron chi connectivity index (χ2n) is 4.11. The molecule has 0 fully saturated rings. The van der Waals surface area contributed by atoms with Gasteiger partial charge in [-0.05, 0) is 18.2 Å². The maximum absolute atomic E-state index is 11.3. The lowest BCUT2D eigenvalue weighted by Gasteiger charge is -2.10. The van der Waals surface area contributed by atoms with Crippen molar-refractivity contribution in [1.29, 1.82) is 0 Å². The third-order valence-electron chi connectivity index (χ3n) is 2.66. The van der Waals surface area contributed by atoms with Crippen LogP contribution in [0.25, 0.3) is 0 Å². The maximum atomic E-state index is 11.3. The van der Waals surface area contributed by atoms with Crippen LogP contribution in [-0.2, 0) is 0 Å². The summed E-state index contributed by atoms with van der Waals surface area (Å²) < 4.78 is 5.28. The fourth-order valence-electron chi connectivity index (χ4n) is 1.73. The molecule has 0 aliphatic heterocycles. The summed E-state index contributed by atoms with van der Waals surface area (Å²) >= 11 is 0. The number of hydrogen-bond donors (Lipinski definition) is 3. The number of rotatable bonds is 5. The Hall–Kier alpha value is -3.42. The Kier molecular flexibility index (Phi) is 4.03. The predicted octanol–water partition coefficient (Wildman–Crippen LogP) is 1.97. The van der Waals surface area contributed by atoms with Crippen LogP contribution in [0.4, 0.5) is 0 Å². The van der Waals surface area contributed by atoms with Gasteiger partial charge in [0, 0.05) is 6.20 Å². The van der Waals surface area contributed by atoms with Crippen LogP contribution in [0.15, 0.2) is 36.7 Å². The number of pyridine rings is 1. The van der Waals surface area contributed by atoms with E-state index in [1.807, 2.05) is 0 Å². The Bertz CT molecular complexity index is 770. The van der Waals surface area contributed by atoms with Gasteiger partial charge in [-0.1, -0.05) is 6.07 Å². The Morgan fingerprint density at radius 2 is 1.68 bits per heavy atom. The highest BCUT2D eigenvalue weighted by molar-refractivity contribution is 6.03. The molecular weight excluding hydrogens is 294 g/mol. The monoisotopic (exact) mass is 303 g/mol. The Balaban J connectivity index is 2.48. The standard InChI is InChI=1S/C14H9NO7/c16-12(17)7-4-8(6-15-5-7)22-10-3-1-2-9(13(18)19)11(10)14(20)21/h1-6H,(H,16,17)(H,18,19)(H,20,21). The fourth-order valence-corrected chi connectivity index (χ4v) is 1.73. The molecule has 0 radical (unpaired) electrons. The molecule has 1 aromatic heterocycles. The molecule has 2 aromatic rings. The SMILES string of the molecule is O=C(O)c1cncc(Oc2cccc(C(=O)O)c2C(=O)O)c1. The molecule has 22 heavy (non-hydrogen) atoms. The average molecular weight is 303 g/mol. The van der Waals surface area contributed by atoms with Crippen LogP contribution in [0.5, 0.6) is 11.5 Å². The van der Waals surface area contributed by atoms with E-state index in [0.717, 1.165) is 18.3 Å². The van der Waals surface area contributed by atoms with Gasteiger partial charge in [-0.15, -0.1) is 0 Å². The first-order valence-corrected chi connectivity index (χ1v) is 5.86. The highest BCUT2D eigenvalue weighted by Crippen LogP contribution is 2.28. The highest BCUT2D eigenvalue weighted by atomic mass is 16.5. The number of carboxylic acid groups (broad SMARTS) is 3. The van der Waals surface area contributed by atoms with Gasteiger partial charge in [0.1, 0.15) is 17.1 Å². The van der Waals surface area contributed by atoms with Crippen LogP contribution >= 0.6 is 0 Å². The normalized spacial score (nSPS) is 10.0. The molecule has 0 bridgehead atoms. The summed E-state index contributed by atoms with van der Waals surface area (Å²) in [6.45, 7) is 0. The van der Waals surface area contributed by atoms with Crippen molar-refractivity contribution in [3.8, 4) is 11.5 Å². The Labute approximate surface area is 123 Å². The lowest BCUT2D eigenvalue weighted by atomic mass is 10.1. The number of benzene rings is 1. The van der Waals surface area contributed by atoms with Crippen LogP contribution in [-0.4, -0.2) is 38.2 Å². The van der Waals surface area contributed by atoms with E-state index in [2.05, 4.69) is 4.98 Å². The van der Waals surface area contributed by atoms with Crippen molar-refractivity contribution < 1.29 is 34.4 Å². The van der Waals surface area contributed by atoms with Gasteiger partial charge in [-0.3, -0.25) is 4.98 Å². The highest BCUT2D eigenvalue weighted by Gasteiger charge is 2.21. The molecule has 0 unspecified atom stereocenters. The van der Waals surface area contributed by atoms with Gasteiger partial charge >= 0.3 is 17.9 Å². The van der Waals surface area contributed by atoms with E-state index in [4.69, 9.17) is 20.1 Å². The van der Waals surface area contributed by atoms with E-state index in [-0.39, 0.29) is 17.1 Å². The molecule has 0 aliphatic carbocycles. The summed E-state index contributed by atoms with van der Waals surface area (Å²) in [5.41, 5.74) is -1.12. The molecular formula is C14H9NO7. The largest absolute Gasteiger partial charge is 0.478 e. The molecule has 2 rings (SSSR count). The minimum Gasteiger partial charge on any atom is -0.478 e. The molecule has 8 nitrogen and oxygen atoms in total. The molecule has 1 aromatic carbocycles. The van der Waals surface area contributed by atoms with Crippen molar-refractivity contribution in [2.45, 2.75) is 0 Å². The van der Waals surface area contributed by atoms with E-state index >= 15 is 0 Å². The number of nitrogens with zero attached hydrogens (tertiary/aromatic N) is 1. The Morgan fingerprint density at radius 1 is 0.955 bits per heavy atom. The number of ether oxygens (including phenoxy) is 1. The summed E-state index contributed by atoms with van der Waals surface area (Å²) in [6, 6.07) is 4.86. The third-order valence-corrected chi connectivity index (χ3v) is 2.66. The zero-order valence-corrected chi connectivity index (χ0v) is 10.9. The van der Waals surface area contributed by atoms with Gasteiger partial charge in [0.25, 0.3) is 0 Å². The van der Waals surface area contributed by atoms with Gasteiger partial charge in [0.2, 0.25) is 0 Å². The van der Waals surface area contributed by atoms with Crippen LogP contribution in [0.1, 0.15) is 31.1 Å². The van der Waals surface area contributed by atoms with E-state index in [1.54, 1.807) is 0 Å². The van der Waals surface area contributed by atoms with Crippen LogP contribution in [0.2, 0.25) is 0 Å². The minimum atomic E-state index is -1.48. The lowest BCUT2D eigenvalue weighted by Crippen LogP contribution is -2.09.